The van der Waals surface area contributed by atoms with Crippen LogP contribution >= 0.6 is 0 Å². The maximum atomic E-state index is 10.9. The number of hydrogen-bond acceptors (Lipinski definition) is 1. The van der Waals surface area contributed by atoms with Crippen molar-refractivity contribution in [1.29, 1.82) is 0 Å². The van der Waals surface area contributed by atoms with Gasteiger partial charge >= 0.3 is 0 Å². The first-order valence-corrected chi connectivity index (χ1v) is 10.0. The summed E-state index contributed by atoms with van der Waals surface area (Å²) in [5.74, 6) is 0.370. The zero-order valence-electron chi connectivity index (χ0n) is 18.2. The van der Waals surface area contributed by atoms with Crippen molar-refractivity contribution in [3.63, 3.8) is 0 Å². The van der Waals surface area contributed by atoms with E-state index in [0.717, 1.165) is 11.1 Å². The molecule has 0 aromatic heterocycles. The average molecular weight is 373 g/mol. The molecule has 0 aliphatic heterocycles. The van der Waals surface area contributed by atoms with Crippen LogP contribution < -0.4 is 0 Å². The first kappa shape index (κ1) is 20.2. The van der Waals surface area contributed by atoms with Crippen LogP contribution in [0.5, 0.6) is 5.75 Å². The second-order valence-electron chi connectivity index (χ2n) is 9.06. The summed E-state index contributed by atoms with van der Waals surface area (Å²) in [6, 6.07) is 21.2. The van der Waals surface area contributed by atoms with Crippen LogP contribution in [0.15, 0.2) is 60.7 Å². The standard InChI is InChI=1S/C27H32O/c1-18-12-8-10-14-21(18)26(4,5)23-17-24(25(28)16-20(23)3)27(6,7)22-15-11-9-13-19(22)2/h8-17,28H,1-7H3. The molecule has 0 aliphatic carbocycles. The van der Waals surface area contributed by atoms with Gasteiger partial charge in [0, 0.05) is 16.4 Å². The maximum absolute atomic E-state index is 10.9. The van der Waals surface area contributed by atoms with Crippen LogP contribution in [0.1, 0.15) is 66.6 Å². The van der Waals surface area contributed by atoms with Crippen molar-refractivity contribution < 1.29 is 5.11 Å². The van der Waals surface area contributed by atoms with E-state index in [4.69, 9.17) is 0 Å². The maximum Gasteiger partial charge on any atom is 0.119 e. The van der Waals surface area contributed by atoms with E-state index in [0.29, 0.717) is 5.75 Å². The van der Waals surface area contributed by atoms with Gasteiger partial charge in [-0.1, -0.05) is 82.3 Å². The molecule has 28 heavy (non-hydrogen) atoms. The predicted octanol–water partition coefficient (Wildman–Crippen LogP) is 6.97. The summed E-state index contributed by atoms with van der Waals surface area (Å²) in [6.45, 7) is 15.4. The Hall–Kier alpha value is -2.54. The molecule has 3 aromatic rings. The summed E-state index contributed by atoms with van der Waals surface area (Å²) in [5, 5.41) is 10.9. The van der Waals surface area contributed by atoms with Gasteiger partial charge in [0.05, 0.1) is 0 Å². The zero-order chi connectivity index (χ0) is 20.7. The van der Waals surface area contributed by atoms with Crippen molar-refractivity contribution in [2.24, 2.45) is 0 Å². The molecule has 0 aliphatic rings. The summed E-state index contributed by atoms with van der Waals surface area (Å²) in [5.41, 5.74) is 8.01. The van der Waals surface area contributed by atoms with Gasteiger partial charge in [-0.05, 0) is 60.2 Å². The van der Waals surface area contributed by atoms with Gasteiger partial charge in [-0.2, -0.15) is 0 Å². The molecule has 0 spiro atoms. The lowest BCUT2D eigenvalue weighted by atomic mass is 9.70. The van der Waals surface area contributed by atoms with E-state index in [1.165, 1.54) is 27.8 Å². The van der Waals surface area contributed by atoms with Crippen molar-refractivity contribution in [2.75, 3.05) is 0 Å². The number of hydrogen-bond donors (Lipinski definition) is 1. The minimum absolute atomic E-state index is 0.153. The molecule has 0 bridgehead atoms. The average Bonchev–Trinajstić information content (AvgIpc) is 2.61. The Kier molecular flexibility index (Phi) is 5.14. The summed E-state index contributed by atoms with van der Waals surface area (Å²) in [4.78, 5) is 0. The van der Waals surface area contributed by atoms with Gasteiger partial charge in [-0.15, -0.1) is 0 Å². The quantitative estimate of drug-likeness (QED) is 0.524. The van der Waals surface area contributed by atoms with E-state index in [-0.39, 0.29) is 10.8 Å². The summed E-state index contributed by atoms with van der Waals surface area (Å²) >= 11 is 0. The van der Waals surface area contributed by atoms with Gasteiger partial charge in [0.25, 0.3) is 0 Å². The lowest BCUT2D eigenvalue weighted by Crippen LogP contribution is -2.25. The predicted molar refractivity (Wildman–Crippen MR) is 119 cm³/mol. The monoisotopic (exact) mass is 372 g/mol. The number of aromatic hydroxyl groups is 1. The molecule has 0 amide bonds. The normalized spacial score (nSPS) is 12.2. The molecule has 3 rings (SSSR count). The van der Waals surface area contributed by atoms with E-state index in [2.05, 4.69) is 103 Å². The molecule has 3 aromatic carbocycles. The van der Waals surface area contributed by atoms with Crippen molar-refractivity contribution in [2.45, 2.75) is 59.3 Å². The van der Waals surface area contributed by atoms with E-state index in [1.807, 2.05) is 6.07 Å². The van der Waals surface area contributed by atoms with Gasteiger partial charge in [-0.25, -0.2) is 0 Å². The third-order valence-corrected chi connectivity index (χ3v) is 6.33. The Morgan fingerprint density at radius 2 is 0.964 bits per heavy atom. The Morgan fingerprint density at radius 3 is 1.43 bits per heavy atom. The topological polar surface area (TPSA) is 20.2 Å². The highest BCUT2D eigenvalue weighted by Gasteiger charge is 2.32. The van der Waals surface area contributed by atoms with Gasteiger partial charge in [-0.3, -0.25) is 0 Å². The SMILES string of the molecule is Cc1ccccc1C(C)(C)c1cc(C(C)(C)c2ccccc2C)c(O)cc1C. The molecule has 0 radical (unpaired) electrons. The zero-order valence-corrected chi connectivity index (χ0v) is 18.2. The lowest BCUT2D eigenvalue weighted by Gasteiger charge is -2.34. The fraction of sp³-hybridized carbons (Fsp3) is 0.333. The van der Waals surface area contributed by atoms with Crippen molar-refractivity contribution >= 4 is 0 Å². The highest BCUT2D eigenvalue weighted by Crippen LogP contribution is 2.43. The van der Waals surface area contributed by atoms with Crippen LogP contribution in [0, 0.1) is 20.8 Å². The molecule has 0 saturated heterocycles. The van der Waals surface area contributed by atoms with Crippen LogP contribution in [-0.4, -0.2) is 5.11 Å². The Morgan fingerprint density at radius 1 is 0.536 bits per heavy atom. The highest BCUT2D eigenvalue weighted by molar-refractivity contribution is 5.55. The van der Waals surface area contributed by atoms with Crippen molar-refractivity contribution in [3.8, 4) is 5.75 Å². The molecule has 0 heterocycles. The molecule has 1 nitrogen and oxygen atoms in total. The number of phenolic OH excluding ortho intramolecular Hbond substituents is 1. The largest absolute Gasteiger partial charge is 0.508 e. The molecule has 146 valence electrons. The fourth-order valence-electron chi connectivity index (χ4n) is 4.71. The van der Waals surface area contributed by atoms with E-state index >= 15 is 0 Å². The van der Waals surface area contributed by atoms with Crippen LogP contribution in [-0.2, 0) is 10.8 Å². The molecule has 0 unspecified atom stereocenters. The number of rotatable bonds is 4. The number of benzene rings is 3. The highest BCUT2D eigenvalue weighted by atomic mass is 16.3. The third-order valence-electron chi connectivity index (χ3n) is 6.33. The number of aryl methyl sites for hydroxylation is 3. The van der Waals surface area contributed by atoms with E-state index in [1.54, 1.807) is 0 Å². The smallest absolute Gasteiger partial charge is 0.119 e. The summed E-state index contributed by atoms with van der Waals surface area (Å²) in [7, 11) is 0. The van der Waals surface area contributed by atoms with Crippen LogP contribution in [0.4, 0.5) is 0 Å². The van der Waals surface area contributed by atoms with Gasteiger partial charge in [0.2, 0.25) is 0 Å². The molecule has 1 heteroatoms. The van der Waals surface area contributed by atoms with Gasteiger partial charge in [0.15, 0.2) is 0 Å². The van der Waals surface area contributed by atoms with Crippen molar-refractivity contribution in [1.82, 2.24) is 0 Å². The van der Waals surface area contributed by atoms with E-state index in [9.17, 15) is 5.11 Å². The third kappa shape index (κ3) is 3.35. The van der Waals surface area contributed by atoms with Crippen molar-refractivity contribution in [3.05, 3.63) is 99.6 Å². The van der Waals surface area contributed by atoms with Crippen LogP contribution in [0.2, 0.25) is 0 Å². The fourth-order valence-corrected chi connectivity index (χ4v) is 4.71. The molecule has 0 atom stereocenters. The summed E-state index contributed by atoms with van der Waals surface area (Å²) in [6.07, 6.45) is 0. The molecule has 1 N–H and O–H groups in total. The second kappa shape index (κ2) is 7.13. The van der Waals surface area contributed by atoms with Gasteiger partial charge < -0.3 is 5.11 Å². The first-order valence-electron chi connectivity index (χ1n) is 10.0. The molecule has 0 saturated carbocycles. The first-order chi connectivity index (χ1) is 13.1. The summed E-state index contributed by atoms with van der Waals surface area (Å²) < 4.78 is 0. The van der Waals surface area contributed by atoms with E-state index < -0.39 is 0 Å². The van der Waals surface area contributed by atoms with Crippen LogP contribution in [0.3, 0.4) is 0 Å². The van der Waals surface area contributed by atoms with Crippen LogP contribution in [0.25, 0.3) is 0 Å². The molecule has 0 fully saturated rings. The minimum Gasteiger partial charge on any atom is -0.508 e. The Bertz CT molecular complexity index is 930. The second-order valence-corrected chi connectivity index (χ2v) is 9.06. The lowest BCUT2D eigenvalue weighted by molar-refractivity contribution is 0.450. The minimum atomic E-state index is -0.292. The molecular formula is C27H32O. The molecular weight excluding hydrogens is 340 g/mol. The Labute approximate surface area is 170 Å². The van der Waals surface area contributed by atoms with Gasteiger partial charge in [0.1, 0.15) is 5.75 Å². The Balaban J connectivity index is 2.22. The number of phenols is 1.